The Morgan fingerprint density at radius 3 is 2.65 bits per heavy atom. The first-order valence-electron chi connectivity index (χ1n) is 7.16. The molecule has 0 amide bonds. The van der Waals surface area contributed by atoms with Gasteiger partial charge in [0, 0.05) is 18.5 Å². The monoisotopic (exact) mass is 249 g/mol. The van der Waals surface area contributed by atoms with Crippen molar-refractivity contribution in [1.29, 1.82) is 0 Å². The van der Waals surface area contributed by atoms with E-state index in [1.807, 2.05) is 0 Å². The molecule has 94 valence electrons. The fourth-order valence-electron chi connectivity index (χ4n) is 3.61. The van der Waals surface area contributed by atoms with Gasteiger partial charge in [-0.3, -0.25) is 0 Å². The lowest BCUT2D eigenvalue weighted by molar-refractivity contribution is 0.218. The van der Waals surface area contributed by atoms with Crippen molar-refractivity contribution < 1.29 is 0 Å². The van der Waals surface area contributed by atoms with Crippen LogP contribution in [0.2, 0.25) is 5.82 Å². The maximum atomic E-state index is 6.23. The molecule has 17 heavy (non-hydrogen) atoms. The van der Waals surface area contributed by atoms with E-state index in [2.05, 4.69) is 18.7 Å². The maximum Gasteiger partial charge on any atom is 0.0787 e. The third-order valence-corrected chi connectivity index (χ3v) is 4.74. The minimum absolute atomic E-state index is 0.399. The van der Waals surface area contributed by atoms with Crippen LogP contribution >= 0.6 is 12.2 Å². The van der Waals surface area contributed by atoms with E-state index in [0.717, 1.165) is 12.3 Å². The van der Waals surface area contributed by atoms with E-state index in [1.165, 1.54) is 43.5 Å². The zero-order valence-electron chi connectivity index (χ0n) is 11.2. The van der Waals surface area contributed by atoms with Gasteiger partial charge in [-0.2, -0.15) is 0 Å². The molecule has 2 rings (SSSR count). The minimum atomic E-state index is 0.399. The van der Waals surface area contributed by atoms with Crippen molar-refractivity contribution in [2.24, 2.45) is 5.92 Å². The Morgan fingerprint density at radius 2 is 1.94 bits per heavy atom. The molecule has 0 N–H and O–H groups in total. The molecule has 0 bridgehead atoms. The molecule has 0 aromatic heterocycles. The smallest absolute Gasteiger partial charge is 0.0787 e. The van der Waals surface area contributed by atoms with Crippen LogP contribution in [0.5, 0.6) is 0 Å². The van der Waals surface area contributed by atoms with Gasteiger partial charge in [-0.15, -0.1) is 0 Å². The molecule has 2 aliphatic rings. The van der Waals surface area contributed by atoms with Crippen molar-refractivity contribution in [2.45, 2.75) is 76.7 Å². The fourth-order valence-corrected chi connectivity index (χ4v) is 4.17. The Bertz CT molecular complexity index is 279. The van der Waals surface area contributed by atoms with Gasteiger partial charge in [-0.25, -0.2) is 0 Å². The first-order valence-corrected chi connectivity index (χ1v) is 7.57. The van der Waals surface area contributed by atoms with Gasteiger partial charge in [0.1, 0.15) is 0 Å². The predicted octanol–water partition coefficient (Wildman–Crippen LogP) is 3.72. The molecule has 0 aromatic rings. The van der Waals surface area contributed by atoms with Gasteiger partial charge in [0.15, 0.2) is 0 Å². The highest BCUT2D eigenvalue weighted by molar-refractivity contribution is 7.80. The topological polar surface area (TPSA) is 3.24 Å². The highest BCUT2D eigenvalue weighted by Gasteiger charge is 2.38. The van der Waals surface area contributed by atoms with Gasteiger partial charge in [-0.1, -0.05) is 50.1 Å². The Balaban J connectivity index is 2.12. The highest BCUT2D eigenvalue weighted by Crippen LogP contribution is 2.38. The van der Waals surface area contributed by atoms with Gasteiger partial charge in [0.2, 0.25) is 0 Å². The van der Waals surface area contributed by atoms with Gasteiger partial charge >= 0.3 is 0 Å². The maximum absolute atomic E-state index is 6.23. The average Bonchev–Trinajstić information content (AvgIpc) is 2.56. The van der Waals surface area contributed by atoms with Crippen LogP contribution < -0.4 is 0 Å². The lowest BCUT2D eigenvalue weighted by atomic mass is 9.75. The number of fused-ring (bicyclic) bond motifs is 1. The molecule has 2 radical (unpaired) electrons. The molecule has 2 fully saturated rings. The molecule has 0 aromatic carbocycles. The third-order valence-electron chi connectivity index (χ3n) is 4.36. The summed E-state index contributed by atoms with van der Waals surface area (Å²) >= 11 is 5.58. The quantitative estimate of drug-likeness (QED) is 0.514. The van der Waals surface area contributed by atoms with E-state index in [4.69, 9.17) is 20.1 Å². The van der Waals surface area contributed by atoms with Crippen LogP contribution in [0, 0.1) is 5.92 Å². The van der Waals surface area contributed by atoms with Crippen LogP contribution in [0.15, 0.2) is 0 Å². The molecule has 1 saturated carbocycles. The molecular weight excluding hydrogens is 225 g/mol. The van der Waals surface area contributed by atoms with Crippen molar-refractivity contribution in [1.82, 2.24) is 4.90 Å². The number of likely N-dealkylation sites (tertiary alicyclic amines) is 1. The van der Waals surface area contributed by atoms with Crippen molar-refractivity contribution in [2.75, 3.05) is 0 Å². The van der Waals surface area contributed by atoms with Crippen LogP contribution in [-0.2, 0) is 0 Å². The van der Waals surface area contributed by atoms with Crippen molar-refractivity contribution in [3.05, 3.63) is 0 Å². The Kier molecular flexibility index (Phi) is 4.51. The first-order chi connectivity index (χ1) is 8.09. The summed E-state index contributed by atoms with van der Waals surface area (Å²) in [4.78, 5) is 3.68. The summed E-state index contributed by atoms with van der Waals surface area (Å²) in [5.74, 6) is 1.12. The summed E-state index contributed by atoms with van der Waals surface area (Å²) in [5.41, 5.74) is 0. The van der Waals surface area contributed by atoms with Crippen molar-refractivity contribution in [3.8, 4) is 0 Å². The lowest BCUT2D eigenvalue weighted by Crippen LogP contribution is -2.39. The first kappa shape index (κ1) is 13.4. The molecule has 1 nitrogen and oxygen atoms in total. The van der Waals surface area contributed by atoms with Gasteiger partial charge in [0.05, 0.1) is 12.8 Å². The lowest BCUT2D eigenvalue weighted by Gasteiger charge is -2.33. The van der Waals surface area contributed by atoms with Crippen LogP contribution in [0.25, 0.3) is 0 Å². The van der Waals surface area contributed by atoms with E-state index < -0.39 is 0 Å². The summed E-state index contributed by atoms with van der Waals surface area (Å²) in [5, 5.41) is 0. The second-order valence-electron chi connectivity index (χ2n) is 6.06. The number of rotatable bonds is 1. The minimum Gasteiger partial charge on any atom is -0.360 e. The molecule has 3 atom stereocenters. The van der Waals surface area contributed by atoms with E-state index >= 15 is 0 Å². The summed E-state index contributed by atoms with van der Waals surface area (Å²) in [6.45, 7) is 4.53. The Hall–Kier alpha value is -0.0451. The van der Waals surface area contributed by atoms with Gasteiger partial charge in [-0.05, 0) is 26.2 Å². The zero-order chi connectivity index (χ0) is 12.4. The SMILES string of the molecule is [B]C1CCCCCC2C(CC(=S)N2C(C)C)C1. The van der Waals surface area contributed by atoms with Crippen LogP contribution in [0.4, 0.5) is 0 Å². The van der Waals surface area contributed by atoms with Crippen LogP contribution in [-0.4, -0.2) is 29.8 Å². The summed E-state index contributed by atoms with van der Waals surface area (Å²) in [6.07, 6.45) is 8.80. The summed E-state index contributed by atoms with van der Waals surface area (Å²) in [6, 6.07) is 1.22. The largest absolute Gasteiger partial charge is 0.360 e. The number of nitrogens with zero attached hydrogens (tertiary/aromatic N) is 1. The zero-order valence-corrected chi connectivity index (χ0v) is 12.0. The molecule has 3 unspecified atom stereocenters. The van der Waals surface area contributed by atoms with E-state index in [1.54, 1.807) is 0 Å². The van der Waals surface area contributed by atoms with Crippen molar-refractivity contribution >= 4 is 25.1 Å². The molecule has 0 spiro atoms. The number of hydrogen-bond donors (Lipinski definition) is 0. The Morgan fingerprint density at radius 1 is 1.24 bits per heavy atom. The standard InChI is InChI=1S/C14H24BNS/c1-10(2)16-13-7-5-3-4-6-12(15)8-11(13)9-14(16)17/h10-13H,3-9H2,1-2H3. The summed E-state index contributed by atoms with van der Waals surface area (Å²) in [7, 11) is 6.23. The van der Waals surface area contributed by atoms with E-state index in [-0.39, 0.29) is 0 Å². The van der Waals surface area contributed by atoms with Crippen LogP contribution in [0.3, 0.4) is 0 Å². The van der Waals surface area contributed by atoms with E-state index in [0.29, 0.717) is 17.9 Å². The second-order valence-corrected chi connectivity index (χ2v) is 6.53. The molecule has 1 saturated heterocycles. The van der Waals surface area contributed by atoms with Gasteiger partial charge < -0.3 is 4.90 Å². The normalized spacial score (nSPS) is 35.4. The second kappa shape index (κ2) is 5.73. The molecule has 3 heteroatoms. The van der Waals surface area contributed by atoms with E-state index in [9.17, 15) is 0 Å². The average molecular weight is 249 g/mol. The highest BCUT2D eigenvalue weighted by atomic mass is 32.1. The molecule has 1 aliphatic heterocycles. The number of thiocarbonyl (C=S) groups is 1. The number of hydrogen-bond acceptors (Lipinski definition) is 1. The molecule has 1 heterocycles. The molecule has 1 aliphatic carbocycles. The van der Waals surface area contributed by atoms with Crippen LogP contribution in [0.1, 0.15) is 58.8 Å². The fraction of sp³-hybridized carbons (Fsp3) is 0.929. The van der Waals surface area contributed by atoms with Gasteiger partial charge in [0.25, 0.3) is 0 Å². The summed E-state index contributed by atoms with van der Waals surface area (Å²) < 4.78 is 0. The molecular formula is C14H24BNS. The van der Waals surface area contributed by atoms with Crippen molar-refractivity contribution in [3.63, 3.8) is 0 Å². The predicted molar refractivity (Wildman–Crippen MR) is 78.7 cm³/mol. The third kappa shape index (κ3) is 3.04. The Labute approximate surface area is 113 Å².